The van der Waals surface area contributed by atoms with Crippen LogP contribution in [-0.4, -0.2) is 75.5 Å². The molecule has 6 N–H and O–H groups in total. The van der Waals surface area contributed by atoms with E-state index < -0.39 is 18.0 Å². The van der Waals surface area contributed by atoms with E-state index in [1.807, 2.05) is 10.2 Å². The van der Waals surface area contributed by atoms with Gasteiger partial charge in [0.15, 0.2) is 5.96 Å². The van der Waals surface area contributed by atoms with Crippen LogP contribution in [0.3, 0.4) is 0 Å². The van der Waals surface area contributed by atoms with Crippen LogP contribution in [0.5, 0.6) is 0 Å². The van der Waals surface area contributed by atoms with Crippen molar-refractivity contribution in [2.75, 3.05) is 31.2 Å². The van der Waals surface area contributed by atoms with E-state index in [1.54, 1.807) is 12.1 Å². The number of amides is 1. The Labute approximate surface area is 194 Å². The van der Waals surface area contributed by atoms with Crippen molar-refractivity contribution in [1.82, 2.24) is 15.3 Å². The molecule has 34 heavy (non-hydrogen) atoms. The van der Waals surface area contributed by atoms with Gasteiger partial charge in [0.1, 0.15) is 18.5 Å². The van der Waals surface area contributed by atoms with E-state index in [2.05, 4.69) is 20.1 Å². The number of oxime groups is 1. The van der Waals surface area contributed by atoms with Gasteiger partial charge in [-0.1, -0.05) is 23.4 Å². The summed E-state index contributed by atoms with van der Waals surface area (Å²) in [5, 5.41) is 32.6. The number of carboxylic acid groups (broad SMARTS) is 1. The topological polar surface area (TPSA) is 179 Å². The summed E-state index contributed by atoms with van der Waals surface area (Å²) in [7, 11) is 0. The molecule has 1 unspecified atom stereocenters. The SMILES string of the molecule is NC(=NCc1cccc(-c2cnc(N3CCC(=NOCC(O)CO)CC3)nc2)c1F)NC(=O)O. The first kappa shape index (κ1) is 24.8. The molecule has 1 aromatic heterocycles. The normalized spacial score (nSPS) is 15.1. The van der Waals surface area contributed by atoms with E-state index in [-0.39, 0.29) is 31.3 Å². The van der Waals surface area contributed by atoms with E-state index >= 15 is 0 Å². The Kier molecular flexibility index (Phi) is 8.65. The van der Waals surface area contributed by atoms with Crippen molar-refractivity contribution in [3.8, 4) is 11.1 Å². The number of hydrogen-bond donors (Lipinski definition) is 5. The Morgan fingerprint density at radius 3 is 2.65 bits per heavy atom. The summed E-state index contributed by atoms with van der Waals surface area (Å²) in [6.07, 6.45) is 2.04. The fourth-order valence-corrected chi connectivity index (χ4v) is 3.19. The third kappa shape index (κ3) is 6.83. The van der Waals surface area contributed by atoms with Crippen molar-refractivity contribution in [1.29, 1.82) is 0 Å². The number of benzene rings is 1. The number of nitrogens with zero attached hydrogens (tertiary/aromatic N) is 5. The number of nitrogens with two attached hydrogens (primary N) is 1. The third-order valence-electron chi connectivity index (χ3n) is 4.98. The van der Waals surface area contributed by atoms with E-state index in [9.17, 15) is 14.3 Å². The van der Waals surface area contributed by atoms with Gasteiger partial charge in [-0.25, -0.2) is 24.1 Å². The highest BCUT2D eigenvalue weighted by Gasteiger charge is 2.19. The van der Waals surface area contributed by atoms with Crippen LogP contribution < -0.4 is 16.0 Å². The van der Waals surface area contributed by atoms with Crippen LogP contribution in [0.4, 0.5) is 15.1 Å². The van der Waals surface area contributed by atoms with Crippen LogP contribution in [0, 0.1) is 5.82 Å². The number of aliphatic imine (C=N–C) groups is 1. The third-order valence-corrected chi connectivity index (χ3v) is 4.98. The molecule has 1 aromatic carbocycles. The van der Waals surface area contributed by atoms with Gasteiger partial charge in [0, 0.05) is 55.0 Å². The van der Waals surface area contributed by atoms with Gasteiger partial charge in [-0.2, -0.15) is 0 Å². The maximum absolute atomic E-state index is 15.0. The molecule has 2 heterocycles. The van der Waals surface area contributed by atoms with Gasteiger partial charge in [0.2, 0.25) is 5.95 Å². The van der Waals surface area contributed by atoms with E-state index in [0.717, 1.165) is 5.71 Å². The molecule has 0 spiro atoms. The van der Waals surface area contributed by atoms with Crippen LogP contribution in [0.25, 0.3) is 11.1 Å². The number of halogens is 1. The van der Waals surface area contributed by atoms with Crippen LogP contribution >= 0.6 is 0 Å². The molecular formula is C21H26FN7O5. The highest BCUT2D eigenvalue weighted by molar-refractivity contribution is 5.92. The van der Waals surface area contributed by atoms with Gasteiger partial charge in [-0.15, -0.1) is 0 Å². The van der Waals surface area contributed by atoms with Crippen molar-refractivity contribution in [2.45, 2.75) is 25.5 Å². The average Bonchev–Trinajstić information content (AvgIpc) is 2.83. The molecule has 2 aromatic rings. The van der Waals surface area contributed by atoms with Gasteiger partial charge in [-0.3, -0.25) is 5.32 Å². The van der Waals surface area contributed by atoms with Crippen molar-refractivity contribution in [2.24, 2.45) is 15.9 Å². The molecule has 13 heteroatoms. The van der Waals surface area contributed by atoms with Crippen LogP contribution in [-0.2, 0) is 11.4 Å². The van der Waals surface area contributed by atoms with Crippen LogP contribution in [0.1, 0.15) is 18.4 Å². The largest absolute Gasteiger partial charge is 0.465 e. The number of nitrogens with one attached hydrogen (secondary N) is 1. The fraction of sp³-hybridized carbons (Fsp3) is 0.381. The van der Waals surface area contributed by atoms with Gasteiger partial charge in [0.05, 0.1) is 18.9 Å². The number of hydrogen-bond acceptors (Lipinski definition) is 9. The predicted molar refractivity (Wildman–Crippen MR) is 122 cm³/mol. The second-order valence-electron chi connectivity index (χ2n) is 7.46. The highest BCUT2D eigenvalue weighted by atomic mass is 19.1. The lowest BCUT2D eigenvalue weighted by atomic mass is 10.0. The minimum atomic E-state index is -1.35. The molecule has 0 bridgehead atoms. The number of carbonyl (C=O) groups is 1. The first-order valence-electron chi connectivity index (χ1n) is 10.5. The molecule has 1 saturated heterocycles. The van der Waals surface area contributed by atoms with Crippen molar-refractivity contribution in [3.63, 3.8) is 0 Å². The molecule has 1 aliphatic rings. The lowest BCUT2D eigenvalue weighted by Gasteiger charge is -2.27. The Balaban J connectivity index is 1.62. The number of anilines is 1. The Hall–Kier alpha value is -3.84. The molecule has 1 fully saturated rings. The standard InChI is InChI=1S/C21H26FN7O5/c22-18-13(8-24-19(23)27-21(32)33)2-1-3-17(18)14-9-25-20(26-10-14)29-6-4-15(5-7-29)28-34-12-16(31)11-30/h1-3,9-10,16,30-31H,4-8,11-12H2,(H,32,33)(H3,23,24,27). The zero-order valence-electron chi connectivity index (χ0n) is 18.3. The molecule has 0 aliphatic carbocycles. The molecular weight excluding hydrogens is 449 g/mol. The molecule has 1 aliphatic heterocycles. The van der Waals surface area contributed by atoms with Gasteiger partial charge in [0.25, 0.3) is 0 Å². The smallest absolute Gasteiger partial charge is 0.411 e. The first-order chi connectivity index (χ1) is 16.4. The molecule has 0 saturated carbocycles. The first-order valence-corrected chi connectivity index (χ1v) is 10.5. The zero-order chi connectivity index (χ0) is 24.5. The molecule has 1 amide bonds. The second-order valence-corrected chi connectivity index (χ2v) is 7.46. The van der Waals surface area contributed by atoms with Gasteiger partial charge >= 0.3 is 6.09 Å². The summed E-state index contributed by atoms with van der Waals surface area (Å²) < 4.78 is 15.0. The summed E-state index contributed by atoms with van der Waals surface area (Å²) in [6, 6.07) is 4.79. The molecule has 182 valence electrons. The second kappa shape index (κ2) is 11.9. The molecule has 0 radical (unpaired) electrons. The van der Waals surface area contributed by atoms with Crippen molar-refractivity contribution < 1.29 is 29.3 Å². The van der Waals surface area contributed by atoms with Gasteiger partial charge < -0.3 is 30.8 Å². The number of guanidine groups is 1. The highest BCUT2D eigenvalue weighted by Crippen LogP contribution is 2.25. The van der Waals surface area contributed by atoms with Crippen LogP contribution in [0.15, 0.2) is 40.7 Å². The summed E-state index contributed by atoms with van der Waals surface area (Å²) >= 11 is 0. The summed E-state index contributed by atoms with van der Waals surface area (Å²) in [5.74, 6) is -0.335. The average molecular weight is 475 g/mol. The summed E-state index contributed by atoms with van der Waals surface area (Å²) in [4.78, 5) is 30.2. The lowest BCUT2D eigenvalue weighted by molar-refractivity contribution is 0.00791. The molecule has 1 atom stereocenters. The van der Waals surface area contributed by atoms with E-state index in [1.165, 1.54) is 18.5 Å². The Morgan fingerprint density at radius 2 is 2.00 bits per heavy atom. The fourth-order valence-electron chi connectivity index (χ4n) is 3.19. The quantitative estimate of drug-likeness (QED) is 0.209. The zero-order valence-corrected chi connectivity index (χ0v) is 18.3. The monoisotopic (exact) mass is 475 g/mol. The Morgan fingerprint density at radius 1 is 1.29 bits per heavy atom. The minimum Gasteiger partial charge on any atom is -0.465 e. The lowest BCUT2D eigenvalue weighted by Crippen LogP contribution is -2.35. The number of rotatable bonds is 8. The molecule has 12 nitrogen and oxygen atoms in total. The van der Waals surface area contributed by atoms with Gasteiger partial charge in [-0.05, 0) is 0 Å². The van der Waals surface area contributed by atoms with Crippen LogP contribution in [0.2, 0.25) is 0 Å². The predicted octanol–water partition coefficient (Wildman–Crippen LogP) is 0.691. The minimum absolute atomic E-state index is 0.0645. The number of aromatic nitrogens is 2. The number of aliphatic hydroxyl groups is 2. The summed E-state index contributed by atoms with van der Waals surface area (Å²) in [5.41, 5.74) is 7.30. The number of piperidine rings is 1. The van der Waals surface area contributed by atoms with Crippen molar-refractivity contribution in [3.05, 3.63) is 42.0 Å². The van der Waals surface area contributed by atoms with Crippen molar-refractivity contribution >= 4 is 23.7 Å². The Bertz CT molecular complexity index is 1040. The van der Waals surface area contributed by atoms with E-state index in [4.69, 9.17) is 20.8 Å². The summed E-state index contributed by atoms with van der Waals surface area (Å²) in [6.45, 7) is 0.665. The molecule has 3 rings (SSSR count). The maximum Gasteiger partial charge on any atom is 0.411 e. The van der Waals surface area contributed by atoms with E-state index in [0.29, 0.717) is 43.0 Å². The number of aliphatic hydroxyl groups excluding tert-OH is 2. The maximum atomic E-state index is 15.0.